The molecule has 0 saturated heterocycles. The molecule has 0 aliphatic carbocycles. The smallest absolute Gasteiger partial charge is 0.306 e. The molecule has 0 spiro atoms. The van der Waals surface area contributed by atoms with Crippen LogP contribution in [0.2, 0.25) is 0 Å². The first kappa shape index (κ1) is 57.6. The van der Waals surface area contributed by atoms with E-state index in [4.69, 9.17) is 14.2 Å². The van der Waals surface area contributed by atoms with Gasteiger partial charge in [0.05, 0.1) is 0 Å². The molecule has 0 radical (unpaired) electrons. The topological polar surface area (TPSA) is 78.9 Å². The Morgan fingerprint density at radius 1 is 0.333 bits per heavy atom. The van der Waals surface area contributed by atoms with Gasteiger partial charge in [-0.05, 0) is 57.8 Å². The third-order valence-corrected chi connectivity index (χ3v) is 11.4. The van der Waals surface area contributed by atoms with Crippen LogP contribution in [-0.2, 0) is 28.6 Å². The molecule has 60 heavy (non-hydrogen) atoms. The number of carbonyl (C=O) groups excluding carboxylic acids is 3. The van der Waals surface area contributed by atoms with Gasteiger partial charge in [-0.25, -0.2) is 0 Å². The summed E-state index contributed by atoms with van der Waals surface area (Å²) in [7, 11) is 0. The average Bonchev–Trinajstić information content (AvgIpc) is 3.24. The Morgan fingerprint density at radius 2 is 0.600 bits per heavy atom. The Balaban J connectivity index is 4.19. The molecule has 0 bridgehead atoms. The average molecular weight is 843 g/mol. The lowest BCUT2D eigenvalue weighted by molar-refractivity contribution is -0.167. The van der Waals surface area contributed by atoms with Gasteiger partial charge in [0.15, 0.2) is 6.10 Å². The Kier molecular flexibility index (Phi) is 47.3. The van der Waals surface area contributed by atoms with Gasteiger partial charge in [-0.15, -0.1) is 0 Å². The molecule has 0 rings (SSSR count). The fraction of sp³-hybridized carbons (Fsp3) is 0.833. The van der Waals surface area contributed by atoms with E-state index < -0.39 is 6.10 Å². The molecule has 0 aliphatic heterocycles. The molecule has 0 fully saturated rings. The van der Waals surface area contributed by atoms with Crippen LogP contribution in [0.4, 0.5) is 0 Å². The summed E-state index contributed by atoms with van der Waals surface area (Å²) >= 11 is 0. The first-order valence-corrected chi connectivity index (χ1v) is 26.0. The van der Waals surface area contributed by atoms with Crippen LogP contribution >= 0.6 is 0 Å². The summed E-state index contributed by atoms with van der Waals surface area (Å²) in [5.74, 6) is -0.875. The standard InChI is InChI=1S/C54H98O6/c1-4-7-10-13-16-19-21-22-23-24-25-26-27-28-29-30-31-32-34-35-38-41-44-47-53(56)59-50-51(49-58-52(55)46-43-40-37-18-15-12-9-6-3)60-54(57)48-45-42-39-36-33-20-17-14-11-8-5-2/h21-22,24-25,27-28,51H,4-20,23,26,29-50H2,1-3H3/b22-21-,25-24-,28-27-. The molecule has 6 nitrogen and oxygen atoms in total. The molecule has 0 amide bonds. The van der Waals surface area contributed by atoms with Gasteiger partial charge in [0.2, 0.25) is 0 Å². The highest BCUT2D eigenvalue weighted by atomic mass is 16.6. The summed E-state index contributed by atoms with van der Waals surface area (Å²) in [5.41, 5.74) is 0. The number of ether oxygens (including phenoxy) is 3. The first-order valence-electron chi connectivity index (χ1n) is 26.0. The molecular weight excluding hydrogens is 745 g/mol. The monoisotopic (exact) mass is 843 g/mol. The number of rotatable bonds is 47. The number of allylic oxidation sites excluding steroid dienone is 6. The van der Waals surface area contributed by atoms with E-state index in [0.29, 0.717) is 19.3 Å². The van der Waals surface area contributed by atoms with E-state index in [0.717, 1.165) is 77.0 Å². The first-order chi connectivity index (χ1) is 29.5. The van der Waals surface area contributed by atoms with E-state index in [1.165, 1.54) is 154 Å². The van der Waals surface area contributed by atoms with Crippen LogP contribution in [0.1, 0.15) is 271 Å². The predicted molar refractivity (Wildman–Crippen MR) is 256 cm³/mol. The molecule has 0 saturated carbocycles. The quantitative estimate of drug-likeness (QED) is 0.0263. The van der Waals surface area contributed by atoms with Crippen LogP contribution in [0.3, 0.4) is 0 Å². The molecule has 0 aromatic carbocycles. The van der Waals surface area contributed by atoms with Gasteiger partial charge in [-0.3, -0.25) is 14.4 Å². The Bertz CT molecular complexity index is 1020. The molecule has 0 aromatic rings. The number of hydrogen-bond donors (Lipinski definition) is 0. The molecule has 0 heterocycles. The van der Waals surface area contributed by atoms with Crippen LogP contribution in [0, 0.1) is 0 Å². The van der Waals surface area contributed by atoms with E-state index in [-0.39, 0.29) is 31.1 Å². The number of carbonyl (C=O) groups is 3. The summed E-state index contributed by atoms with van der Waals surface area (Å²) in [6.07, 6.45) is 57.1. The zero-order valence-electron chi connectivity index (χ0n) is 40.0. The van der Waals surface area contributed by atoms with Gasteiger partial charge in [0.25, 0.3) is 0 Å². The minimum Gasteiger partial charge on any atom is -0.462 e. The Hall–Kier alpha value is -2.37. The molecule has 6 heteroatoms. The van der Waals surface area contributed by atoms with Crippen molar-refractivity contribution in [2.24, 2.45) is 0 Å². The van der Waals surface area contributed by atoms with Gasteiger partial charge in [0.1, 0.15) is 13.2 Å². The number of unbranched alkanes of at least 4 members (excludes halogenated alkanes) is 30. The third-order valence-electron chi connectivity index (χ3n) is 11.4. The van der Waals surface area contributed by atoms with E-state index in [2.05, 4.69) is 57.2 Å². The van der Waals surface area contributed by atoms with Gasteiger partial charge >= 0.3 is 17.9 Å². The van der Waals surface area contributed by atoms with Crippen molar-refractivity contribution >= 4 is 17.9 Å². The van der Waals surface area contributed by atoms with Crippen molar-refractivity contribution in [3.8, 4) is 0 Å². The zero-order chi connectivity index (χ0) is 43.7. The number of hydrogen-bond acceptors (Lipinski definition) is 6. The van der Waals surface area contributed by atoms with E-state index in [9.17, 15) is 14.4 Å². The van der Waals surface area contributed by atoms with Crippen molar-refractivity contribution in [3.63, 3.8) is 0 Å². The maximum atomic E-state index is 12.7. The Morgan fingerprint density at radius 3 is 0.933 bits per heavy atom. The number of esters is 3. The molecule has 1 atom stereocenters. The second kappa shape index (κ2) is 49.3. The maximum absolute atomic E-state index is 12.7. The summed E-state index contributed by atoms with van der Waals surface area (Å²) in [6, 6.07) is 0. The SMILES string of the molecule is CCCCCCC/C=C\C/C=C\C/C=C\CCCCCCCCCCC(=O)OCC(COC(=O)CCCCCCCCCC)OC(=O)CCCCCCCCCCCCC. The molecule has 350 valence electrons. The van der Waals surface area contributed by atoms with Gasteiger partial charge in [-0.2, -0.15) is 0 Å². The Labute approximate surface area is 372 Å². The fourth-order valence-corrected chi connectivity index (χ4v) is 7.45. The van der Waals surface area contributed by atoms with Gasteiger partial charge in [-0.1, -0.05) is 231 Å². The minimum atomic E-state index is -0.768. The molecular formula is C54H98O6. The molecule has 0 aromatic heterocycles. The lowest BCUT2D eigenvalue weighted by atomic mass is 10.1. The van der Waals surface area contributed by atoms with E-state index in [1.807, 2.05) is 0 Å². The van der Waals surface area contributed by atoms with Crippen molar-refractivity contribution in [2.75, 3.05) is 13.2 Å². The van der Waals surface area contributed by atoms with Crippen molar-refractivity contribution in [1.29, 1.82) is 0 Å². The third kappa shape index (κ3) is 46.7. The summed E-state index contributed by atoms with van der Waals surface area (Å²) < 4.78 is 16.7. The highest BCUT2D eigenvalue weighted by Gasteiger charge is 2.19. The molecule has 0 N–H and O–H groups in total. The highest BCUT2D eigenvalue weighted by Crippen LogP contribution is 2.15. The normalized spacial score (nSPS) is 12.2. The molecule has 1 unspecified atom stereocenters. The predicted octanol–water partition coefficient (Wildman–Crippen LogP) is 16.9. The highest BCUT2D eigenvalue weighted by molar-refractivity contribution is 5.71. The fourth-order valence-electron chi connectivity index (χ4n) is 7.45. The van der Waals surface area contributed by atoms with Crippen LogP contribution in [0.5, 0.6) is 0 Å². The second-order valence-corrected chi connectivity index (χ2v) is 17.4. The zero-order valence-corrected chi connectivity index (χ0v) is 40.0. The summed E-state index contributed by atoms with van der Waals surface area (Å²) in [4.78, 5) is 37.8. The molecule has 0 aliphatic rings. The largest absolute Gasteiger partial charge is 0.462 e. The lowest BCUT2D eigenvalue weighted by Crippen LogP contribution is -2.30. The van der Waals surface area contributed by atoms with E-state index in [1.54, 1.807) is 0 Å². The van der Waals surface area contributed by atoms with Crippen molar-refractivity contribution < 1.29 is 28.6 Å². The van der Waals surface area contributed by atoms with Crippen molar-refractivity contribution in [3.05, 3.63) is 36.5 Å². The van der Waals surface area contributed by atoms with Crippen molar-refractivity contribution in [1.82, 2.24) is 0 Å². The lowest BCUT2D eigenvalue weighted by Gasteiger charge is -2.18. The van der Waals surface area contributed by atoms with Crippen LogP contribution in [0.15, 0.2) is 36.5 Å². The maximum Gasteiger partial charge on any atom is 0.306 e. The van der Waals surface area contributed by atoms with Gasteiger partial charge in [0, 0.05) is 19.3 Å². The van der Waals surface area contributed by atoms with Crippen LogP contribution < -0.4 is 0 Å². The van der Waals surface area contributed by atoms with Crippen LogP contribution in [0.25, 0.3) is 0 Å². The van der Waals surface area contributed by atoms with E-state index >= 15 is 0 Å². The summed E-state index contributed by atoms with van der Waals surface area (Å²) in [5, 5.41) is 0. The van der Waals surface area contributed by atoms with Crippen molar-refractivity contribution in [2.45, 2.75) is 277 Å². The van der Waals surface area contributed by atoms with Gasteiger partial charge < -0.3 is 14.2 Å². The minimum absolute atomic E-state index is 0.0712. The summed E-state index contributed by atoms with van der Waals surface area (Å²) in [6.45, 7) is 6.60. The van der Waals surface area contributed by atoms with Crippen LogP contribution in [-0.4, -0.2) is 37.2 Å². The second-order valence-electron chi connectivity index (χ2n) is 17.4.